The third-order valence-corrected chi connectivity index (χ3v) is 7.68. The second-order valence-corrected chi connectivity index (χ2v) is 10.9. The van der Waals surface area contributed by atoms with E-state index in [1.807, 2.05) is 18.2 Å². The lowest BCUT2D eigenvalue weighted by Gasteiger charge is -2.27. The molecule has 0 bridgehead atoms. The molecule has 33 heavy (non-hydrogen) atoms. The van der Waals surface area contributed by atoms with Crippen molar-refractivity contribution in [2.45, 2.75) is 11.3 Å². The number of benzene rings is 2. The lowest BCUT2D eigenvalue weighted by atomic mass is 10.2. The molecule has 1 aliphatic rings. The Bertz CT molecular complexity index is 1240. The molecule has 1 aliphatic heterocycles. The number of anilines is 1. The van der Waals surface area contributed by atoms with Crippen molar-refractivity contribution in [3.05, 3.63) is 48.0 Å². The van der Waals surface area contributed by atoms with Crippen LogP contribution in [0.4, 0.5) is 5.13 Å². The molecule has 4 rings (SSSR count). The standard InChI is InChI=1S/C23H27N3O5S2/c1-30-18-7-8-20-21(16-18)32-23(24-20)26(10-4-9-25-11-13-31-14-12-25)22(27)17-5-3-6-19(15-17)33(2,28)29/h3,5-8,15-16H,4,9-14H2,1-2H3. The van der Waals surface area contributed by atoms with Gasteiger partial charge in [-0.2, -0.15) is 0 Å². The minimum absolute atomic E-state index is 0.121. The van der Waals surface area contributed by atoms with Crippen LogP contribution >= 0.6 is 11.3 Å². The van der Waals surface area contributed by atoms with Gasteiger partial charge in [0.05, 0.1) is 35.4 Å². The van der Waals surface area contributed by atoms with Gasteiger partial charge in [0.1, 0.15) is 5.75 Å². The van der Waals surface area contributed by atoms with E-state index in [-0.39, 0.29) is 10.8 Å². The molecular formula is C23H27N3O5S2. The minimum atomic E-state index is -3.43. The molecule has 1 fully saturated rings. The summed E-state index contributed by atoms with van der Waals surface area (Å²) in [5.74, 6) is 0.456. The van der Waals surface area contributed by atoms with Gasteiger partial charge in [-0.15, -0.1) is 0 Å². The van der Waals surface area contributed by atoms with E-state index in [4.69, 9.17) is 9.47 Å². The van der Waals surface area contributed by atoms with E-state index >= 15 is 0 Å². The van der Waals surface area contributed by atoms with Crippen molar-refractivity contribution >= 4 is 42.4 Å². The van der Waals surface area contributed by atoms with Crippen LogP contribution in [0.25, 0.3) is 10.2 Å². The Balaban J connectivity index is 1.62. The number of fused-ring (bicyclic) bond motifs is 1. The third kappa shape index (κ3) is 5.70. The molecule has 0 aliphatic carbocycles. The van der Waals surface area contributed by atoms with Crippen LogP contribution in [0.3, 0.4) is 0 Å². The number of thiazole rings is 1. The zero-order valence-corrected chi connectivity index (χ0v) is 20.3. The molecule has 1 amide bonds. The highest BCUT2D eigenvalue weighted by molar-refractivity contribution is 7.90. The van der Waals surface area contributed by atoms with Gasteiger partial charge in [-0.3, -0.25) is 14.6 Å². The van der Waals surface area contributed by atoms with Crippen molar-refractivity contribution in [3.63, 3.8) is 0 Å². The van der Waals surface area contributed by atoms with E-state index in [1.165, 1.54) is 23.5 Å². The maximum Gasteiger partial charge on any atom is 0.260 e. The number of hydrogen-bond acceptors (Lipinski definition) is 8. The first kappa shape index (κ1) is 23.6. The highest BCUT2D eigenvalue weighted by Crippen LogP contribution is 2.32. The number of carbonyl (C=O) groups is 1. The van der Waals surface area contributed by atoms with E-state index < -0.39 is 9.84 Å². The first-order valence-corrected chi connectivity index (χ1v) is 13.4. The fraction of sp³-hybridized carbons (Fsp3) is 0.391. The Kier molecular flexibility index (Phi) is 7.28. The minimum Gasteiger partial charge on any atom is -0.497 e. The van der Waals surface area contributed by atoms with Crippen LogP contribution < -0.4 is 9.64 Å². The Hall–Kier alpha value is -2.53. The van der Waals surface area contributed by atoms with E-state index in [9.17, 15) is 13.2 Å². The topological polar surface area (TPSA) is 89.0 Å². The van der Waals surface area contributed by atoms with Crippen LogP contribution in [0.1, 0.15) is 16.8 Å². The highest BCUT2D eigenvalue weighted by atomic mass is 32.2. The molecule has 3 aromatic rings. The summed E-state index contributed by atoms with van der Waals surface area (Å²) in [5.41, 5.74) is 1.10. The second-order valence-electron chi connectivity index (χ2n) is 7.89. The lowest BCUT2D eigenvalue weighted by Crippen LogP contribution is -2.39. The van der Waals surface area contributed by atoms with Gasteiger partial charge in [-0.25, -0.2) is 13.4 Å². The first-order valence-electron chi connectivity index (χ1n) is 10.7. The third-order valence-electron chi connectivity index (χ3n) is 5.53. The van der Waals surface area contributed by atoms with Crippen molar-refractivity contribution in [3.8, 4) is 5.75 Å². The fourth-order valence-electron chi connectivity index (χ4n) is 3.71. The number of ether oxygens (including phenoxy) is 2. The van der Waals surface area contributed by atoms with E-state index in [0.717, 1.165) is 61.5 Å². The van der Waals surface area contributed by atoms with Crippen molar-refractivity contribution < 1.29 is 22.7 Å². The average Bonchev–Trinajstić information content (AvgIpc) is 3.24. The Morgan fingerprint density at radius 2 is 2.00 bits per heavy atom. The SMILES string of the molecule is COc1ccc2nc(N(CCCN3CCOCC3)C(=O)c3cccc(S(C)(=O)=O)c3)sc2c1. The Labute approximate surface area is 197 Å². The number of sulfone groups is 1. The van der Waals surface area contributed by atoms with Crippen LogP contribution in [0.5, 0.6) is 5.75 Å². The molecule has 2 heterocycles. The lowest BCUT2D eigenvalue weighted by molar-refractivity contribution is 0.0376. The van der Waals surface area contributed by atoms with Crippen LogP contribution in [-0.2, 0) is 14.6 Å². The van der Waals surface area contributed by atoms with E-state index in [2.05, 4.69) is 9.88 Å². The average molecular weight is 490 g/mol. The van der Waals surface area contributed by atoms with Crippen molar-refractivity contribution in [2.75, 3.05) is 57.7 Å². The van der Waals surface area contributed by atoms with Gasteiger partial charge in [0.25, 0.3) is 5.91 Å². The molecule has 10 heteroatoms. The van der Waals surface area contributed by atoms with Gasteiger partial charge in [0.15, 0.2) is 15.0 Å². The van der Waals surface area contributed by atoms with E-state index in [0.29, 0.717) is 17.2 Å². The van der Waals surface area contributed by atoms with Crippen LogP contribution in [0, 0.1) is 0 Å². The van der Waals surface area contributed by atoms with Crippen LogP contribution in [0.15, 0.2) is 47.4 Å². The molecule has 176 valence electrons. The van der Waals surface area contributed by atoms with Gasteiger partial charge in [-0.1, -0.05) is 17.4 Å². The predicted molar refractivity (Wildman–Crippen MR) is 129 cm³/mol. The van der Waals surface area contributed by atoms with Crippen LogP contribution in [0.2, 0.25) is 0 Å². The van der Waals surface area contributed by atoms with Gasteiger partial charge in [-0.05, 0) is 42.8 Å². The summed E-state index contributed by atoms with van der Waals surface area (Å²) in [4.78, 5) is 22.3. The predicted octanol–water partition coefficient (Wildman–Crippen LogP) is 3.08. The Morgan fingerprint density at radius 3 is 2.73 bits per heavy atom. The molecule has 0 unspecified atom stereocenters. The molecule has 1 saturated heterocycles. The fourth-order valence-corrected chi connectivity index (χ4v) is 5.40. The highest BCUT2D eigenvalue weighted by Gasteiger charge is 2.23. The molecule has 0 radical (unpaired) electrons. The van der Waals surface area contributed by atoms with Crippen molar-refractivity contribution in [1.29, 1.82) is 0 Å². The summed E-state index contributed by atoms with van der Waals surface area (Å²) in [5, 5.41) is 0.579. The normalized spacial score (nSPS) is 15.0. The zero-order valence-electron chi connectivity index (χ0n) is 18.7. The second kappa shape index (κ2) is 10.2. The van der Waals surface area contributed by atoms with E-state index in [1.54, 1.807) is 24.1 Å². The monoisotopic (exact) mass is 489 g/mol. The number of amides is 1. The number of aromatic nitrogens is 1. The molecule has 0 saturated carbocycles. The summed E-state index contributed by atoms with van der Waals surface area (Å²) < 4.78 is 35.7. The quantitative estimate of drug-likeness (QED) is 0.480. The number of rotatable bonds is 8. The maximum atomic E-state index is 13.5. The molecule has 2 aromatic carbocycles. The molecule has 0 N–H and O–H groups in total. The first-order chi connectivity index (χ1) is 15.8. The number of morpholine rings is 1. The summed E-state index contributed by atoms with van der Waals surface area (Å²) in [6.07, 6.45) is 1.90. The maximum absolute atomic E-state index is 13.5. The molecular weight excluding hydrogens is 462 g/mol. The molecule has 0 spiro atoms. The van der Waals surface area contributed by atoms with Gasteiger partial charge >= 0.3 is 0 Å². The summed E-state index contributed by atoms with van der Waals surface area (Å²) >= 11 is 1.42. The summed E-state index contributed by atoms with van der Waals surface area (Å²) in [6, 6.07) is 11.8. The Morgan fingerprint density at radius 1 is 1.21 bits per heavy atom. The van der Waals surface area contributed by atoms with Gasteiger partial charge in [0, 0.05) is 38.0 Å². The van der Waals surface area contributed by atoms with Crippen molar-refractivity contribution in [2.24, 2.45) is 0 Å². The zero-order chi connectivity index (χ0) is 23.4. The molecule has 8 nitrogen and oxygen atoms in total. The largest absolute Gasteiger partial charge is 0.497 e. The smallest absolute Gasteiger partial charge is 0.260 e. The molecule has 1 aromatic heterocycles. The number of nitrogens with zero attached hydrogens (tertiary/aromatic N) is 3. The van der Waals surface area contributed by atoms with Gasteiger partial charge < -0.3 is 9.47 Å². The van der Waals surface area contributed by atoms with Gasteiger partial charge in [0.2, 0.25) is 0 Å². The number of methoxy groups -OCH3 is 1. The van der Waals surface area contributed by atoms with Crippen LogP contribution in [-0.4, -0.2) is 77.0 Å². The number of carbonyl (C=O) groups excluding carboxylic acids is 1. The summed E-state index contributed by atoms with van der Waals surface area (Å²) in [7, 11) is -1.81. The summed E-state index contributed by atoms with van der Waals surface area (Å²) in [6.45, 7) is 4.52. The van der Waals surface area contributed by atoms with Crippen molar-refractivity contribution in [1.82, 2.24) is 9.88 Å². The molecule has 0 atom stereocenters. The number of hydrogen-bond donors (Lipinski definition) is 0.